The third-order valence-electron chi connectivity index (χ3n) is 2.57. The lowest BCUT2D eigenvalue weighted by Crippen LogP contribution is -2.09. The van der Waals surface area contributed by atoms with Gasteiger partial charge in [-0.25, -0.2) is 4.98 Å². The summed E-state index contributed by atoms with van der Waals surface area (Å²) in [6.45, 7) is 1.99. The fraction of sp³-hybridized carbons (Fsp3) is 0.286. The number of nitrogens with one attached hydrogen (secondary N) is 1. The van der Waals surface area contributed by atoms with Crippen LogP contribution in [0.1, 0.15) is 30.2 Å². The van der Waals surface area contributed by atoms with Gasteiger partial charge in [-0.05, 0) is 24.1 Å². The molecule has 0 fully saturated rings. The molecule has 2 rings (SSSR count). The Kier molecular flexibility index (Phi) is 5.10. The minimum absolute atomic E-state index is 0.0343. The average Bonchev–Trinajstić information content (AvgIpc) is 2.80. The number of hydrogen-bond acceptors (Lipinski definition) is 3. The maximum atomic E-state index is 11.5. The second kappa shape index (κ2) is 6.82. The van der Waals surface area contributed by atoms with Crippen LogP contribution in [0.2, 0.25) is 0 Å². The van der Waals surface area contributed by atoms with E-state index >= 15 is 0 Å². The molecule has 0 atom stereocenters. The summed E-state index contributed by atoms with van der Waals surface area (Å²) in [5, 5.41) is 3.50. The van der Waals surface area contributed by atoms with Gasteiger partial charge in [-0.2, -0.15) is 0 Å². The molecule has 0 radical (unpaired) electrons. The molecule has 1 aromatic carbocycles. The van der Waals surface area contributed by atoms with Crippen LogP contribution in [0, 0.1) is 0 Å². The molecule has 5 heteroatoms. The van der Waals surface area contributed by atoms with Crippen molar-refractivity contribution < 1.29 is 4.79 Å². The second-order valence-electron chi connectivity index (χ2n) is 4.23. The topological polar surface area (TPSA) is 42.0 Å². The number of halogens is 1. The number of rotatable bonds is 5. The SMILES string of the molecule is CCCC(=O)Nc1ncc(Cc2ccc(Br)cc2)s1. The van der Waals surface area contributed by atoms with Gasteiger partial charge in [0, 0.05) is 28.4 Å². The molecule has 0 aliphatic heterocycles. The first-order valence-corrected chi connectivity index (χ1v) is 7.77. The number of hydrogen-bond donors (Lipinski definition) is 1. The highest BCUT2D eigenvalue weighted by Gasteiger charge is 2.06. The van der Waals surface area contributed by atoms with E-state index in [1.54, 1.807) is 0 Å². The molecule has 19 heavy (non-hydrogen) atoms. The van der Waals surface area contributed by atoms with Crippen LogP contribution in [0.3, 0.4) is 0 Å². The van der Waals surface area contributed by atoms with E-state index in [0.717, 1.165) is 22.2 Å². The molecule has 0 aliphatic rings. The summed E-state index contributed by atoms with van der Waals surface area (Å²) in [6.07, 6.45) is 4.06. The fourth-order valence-electron chi connectivity index (χ4n) is 1.66. The van der Waals surface area contributed by atoms with Crippen LogP contribution in [-0.2, 0) is 11.2 Å². The van der Waals surface area contributed by atoms with Crippen molar-refractivity contribution in [1.29, 1.82) is 0 Å². The van der Waals surface area contributed by atoms with Gasteiger partial charge in [-0.3, -0.25) is 4.79 Å². The van der Waals surface area contributed by atoms with E-state index in [0.29, 0.717) is 11.6 Å². The summed E-state index contributed by atoms with van der Waals surface area (Å²) in [4.78, 5) is 16.8. The van der Waals surface area contributed by atoms with Crippen molar-refractivity contribution >= 4 is 38.3 Å². The predicted octanol–water partition coefficient (Wildman–Crippen LogP) is 4.24. The highest BCUT2D eigenvalue weighted by molar-refractivity contribution is 9.10. The van der Waals surface area contributed by atoms with Crippen molar-refractivity contribution in [2.75, 3.05) is 5.32 Å². The van der Waals surface area contributed by atoms with Gasteiger partial charge < -0.3 is 5.32 Å². The van der Waals surface area contributed by atoms with Crippen molar-refractivity contribution in [3.8, 4) is 0 Å². The normalized spacial score (nSPS) is 10.4. The van der Waals surface area contributed by atoms with E-state index in [9.17, 15) is 4.79 Å². The molecule has 0 spiro atoms. The van der Waals surface area contributed by atoms with Gasteiger partial charge in [0.25, 0.3) is 0 Å². The highest BCUT2D eigenvalue weighted by Crippen LogP contribution is 2.22. The standard InChI is InChI=1S/C14H15BrN2OS/c1-2-3-13(18)17-14-16-9-12(19-14)8-10-4-6-11(15)7-5-10/h4-7,9H,2-3,8H2,1H3,(H,16,17,18). The Morgan fingerprint density at radius 3 is 2.79 bits per heavy atom. The largest absolute Gasteiger partial charge is 0.302 e. The first-order valence-electron chi connectivity index (χ1n) is 6.16. The molecule has 0 saturated heterocycles. The summed E-state index contributed by atoms with van der Waals surface area (Å²) in [7, 11) is 0. The van der Waals surface area contributed by atoms with E-state index in [-0.39, 0.29) is 5.91 Å². The molecular weight excluding hydrogens is 324 g/mol. The first kappa shape index (κ1) is 14.2. The van der Waals surface area contributed by atoms with Crippen LogP contribution in [0.5, 0.6) is 0 Å². The van der Waals surface area contributed by atoms with Crippen molar-refractivity contribution in [2.45, 2.75) is 26.2 Å². The summed E-state index contributed by atoms with van der Waals surface area (Å²) >= 11 is 4.95. The van der Waals surface area contributed by atoms with Gasteiger partial charge in [0.15, 0.2) is 5.13 Å². The molecule has 100 valence electrons. The smallest absolute Gasteiger partial charge is 0.226 e. The number of thiazole rings is 1. The van der Waals surface area contributed by atoms with Crippen LogP contribution in [0.25, 0.3) is 0 Å². The number of amides is 1. The Balaban J connectivity index is 1.97. The molecular formula is C14H15BrN2OS. The predicted molar refractivity (Wildman–Crippen MR) is 82.6 cm³/mol. The molecule has 0 bridgehead atoms. The maximum absolute atomic E-state index is 11.5. The Bertz CT molecular complexity index is 551. The van der Waals surface area contributed by atoms with Crippen molar-refractivity contribution in [3.63, 3.8) is 0 Å². The summed E-state index contributed by atoms with van der Waals surface area (Å²) in [5.41, 5.74) is 1.23. The van der Waals surface area contributed by atoms with Crippen LogP contribution in [0.4, 0.5) is 5.13 Å². The van der Waals surface area contributed by atoms with Gasteiger partial charge in [0.2, 0.25) is 5.91 Å². The zero-order valence-electron chi connectivity index (χ0n) is 10.6. The fourth-order valence-corrected chi connectivity index (χ4v) is 2.79. The second-order valence-corrected chi connectivity index (χ2v) is 6.26. The van der Waals surface area contributed by atoms with E-state index in [2.05, 4.69) is 38.4 Å². The van der Waals surface area contributed by atoms with Crippen molar-refractivity contribution in [1.82, 2.24) is 4.98 Å². The molecule has 1 heterocycles. The number of carbonyl (C=O) groups excluding carboxylic acids is 1. The zero-order chi connectivity index (χ0) is 13.7. The van der Waals surface area contributed by atoms with Crippen molar-refractivity contribution in [2.24, 2.45) is 0 Å². The lowest BCUT2D eigenvalue weighted by atomic mass is 10.1. The van der Waals surface area contributed by atoms with Gasteiger partial charge in [-0.1, -0.05) is 35.0 Å². The Hall–Kier alpha value is -1.20. The van der Waals surface area contributed by atoms with Crippen LogP contribution in [0.15, 0.2) is 34.9 Å². The Morgan fingerprint density at radius 1 is 1.37 bits per heavy atom. The van der Waals surface area contributed by atoms with E-state index in [4.69, 9.17) is 0 Å². The number of nitrogens with zero attached hydrogens (tertiary/aromatic N) is 1. The van der Waals surface area contributed by atoms with Crippen LogP contribution >= 0.6 is 27.3 Å². The first-order chi connectivity index (χ1) is 9.17. The molecule has 3 nitrogen and oxygen atoms in total. The maximum Gasteiger partial charge on any atom is 0.226 e. The quantitative estimate of drug-likeness (QED) is 0.885. The Labute approximate surface area is 125 Å². The van der Waals surface area contributed by atoms with Crippen LogP contribution < -0.4 is 5.32 Å². The lowest BCUT2D eigenvalue weighted by molar-refractivity contribution is -0.116. The molecule has 2 aromatic rings. The van der Waals surface area contributed by atoms with Gasteiger partial charge in [-0.15, -0.1) is 11.3 Å². The molecule has 1 aromatic heterocycles. The number of anilines is 1. The van der Waals surface area contributed by atoms with Crippen LogP contribution in [-0.4, -0.2) is 10.9 Å². The summed E-state index contributed by atoms with van der Waals surface area (Å²) < 4.78 is 1.08. The Morgan fingerprint density at radius 2 is 2.11 bits per heavy atom. The number of carbonyl (C=O) groups is 1. The third kappa shape index (κ3) is 4.44. The average molecular weight is 339 g/mol. The van der Waals surface area contributed by atoms with Gasteiger partial charge >= 0.3 is 0 Å². The number of aromatic nitrogens is 1. The summed E-state index contributed by atoms with van der Waals surface area (Å²) in [6, 6.07) is 8.22. The zero-order valence-corrected chi connectivity index (χ0v) is 13.1. The summed E-state index contributed by atoms with van der Waals surface area (Å²) in [5.74, 6) is 0.0343. The van der Waals surface area contributed by atoms with Gasteiger partial charge in [0.05, 0.1) is 0 Å². The third-order valence-corrected chi connectivity index (χ3v) is 4.01. The minimum atomic E-state index is 0.0343. The molecule has 1 amide bonds. The van der Waals surface area contributed by atoms with Crippen molar-refractivity contribution in [3.05, 3.63) is 45.4 Å². The number of benzene rings is 1. The molecule has 0 saturated carbocycles. The van der Waals surface area contributed by atoms with E-state index in [1.165, 1.54) is 16.9 Å². The van der Waals surface area contributed by atoms with Gasteiger partial charge in [0.1, 0.15) is 0 Å². The monoisotopic (exact) mass is 338 g/mol. The van der Waals surface area contributed by atoms with E-state index in [1.807, 2.05) is 25.3 Å². The minimum Gasteiger partial charge on any atom is -0.302 e. The lowest BCUT2D eigenvalue weighted by Gasteiger charge is -1.99. The molecule has 0 unspecified atom stereocenters. The highest BCUT2D eigenvalue weighted by atomic mass is 79.9. The molecule has 0 aliphatic carbocycles. The molecule has 1 N–H and O–H groups in total. The van der Waals surface area contributed by atoms with E-state index < -0.39 is 0 Å².